The van der Waals surface area contributed by atoms with Crippen molar-refractivity contribution in [3.05, 3.63) is 24.4 Å². The van der Waals surface area contributed by atoms with Crippen molar-refractivity contribution in [3.8, 4) is 0 Å². The SMILES string of the molecule is C=C/C(C)=N\C=C(C)C. The molecule has 50 valence electrons. The minimum atomic E-state index is 0.955. The van der Waals surface area contributed by atoms with Gasteiger partial charge in [0.1, 0.15) is 0 Å². The maximum atomic E-state index is 4.08. The molecule has 0 aromatic carbocycles. The molecule has 0 aliphatic heterocycles. The van der Waals surface area contributed by atoms with Gasteiger partial charge in [-0.15, -0.1) is 0 Å². The number of rotatable bonds is 2. The second-order valence-electron chi connectivity index (χ2n) is 2.18. The van der Waals surface area contributed by atoms with Gasteiger partial charge in [-0.2, -0.15) is 0 Å². The summed E-state index contributed by atoms with van der Waals surface area (Å²) in [4.78, 5) is 4.08. The van der Waals surface area contributed by atoms with E-state index >= 15 is 0 Å². The number of hydrogen-bond donors (Lipinski definition) is 0. The predicted molar refractivity (Wildman–Crippen MR) is 42.7 cm³/mol. The Morgan fingerprint density at radius 2 is 1.89 bits per heavy atom. The Morgan fingerprint density at radius 1 is 1.33 bits per heavy atom. The van der Waals surface area contributed by atoms with Crippen molar-refractivity contribution in [1.82, 2.24) is 0 Å². The van der Waals surface area contributed by atoms with E-state index in [-0.39, 0.29) is 0 Å². The van der Waals surface area contributed by atoms with Crippen LogP contribution in [0.2, 0.25) is 0 Å². The van der Waals surface area contributed by atoms with Crippen molar-refractivity contribution in [3.63, 3.8) is 0 Å². The molecule has 1 nitrogen and oxygen atoms in total. The summed E-state index contributed by atoms with van der Waals surface area (Å²) >= 11 is 0. The molecule has 0 radical (unpaired) electrons. The summed E-state index contributed by atoms with van der Waals surface area (Å²) in [5.41, 5.74) is 2.16. The van der Waals surface area contributed by atoms with Gasteiger partial charge in [0.25, 0.3) is 0 Å². The molecule has 0 saturated carbocycles. The Balaban J connectivity index is 3.98. The van der Waals surface area contributed by atoms with Crippen molar-refractivity contribution in [1.29, 1.82) is 0 Å². The first-order valence-electron chi connectivity index (χ1n) is 2.97. The zero-order valence-corrected chi connectivity index (χ0v) is 6.31. The van der Waals surface area contributed by atoms with E-state index in [1.165, 1.54) is 5.57 Å². The zero-order chi connectivity index (χ0) is 7.28. The van der Waals surface area contributed by atoms with E-state index in [2.05, 4.69) is 11.6 Å². The average molecular weight is 123 g/mol. The van der Waals surface area contributed by atoms with E-state index in [1.807, 2.05) is 27.0 Å². The summed E-state index contributed by atoms with van der Waals surface area (Å²) in [5.74, 6) is 0. The first kappa shape index (κ1) is 8.15. The third-order valence-corrected chi connectivity index (χ3v) is 0.822. The lowest BCUT2D eigenvalue weighted by Gasteiger charge is -1.85. The summed E-state index contributed by atoms with van der Waals surface area (Å²) in [6, 6.07) is 0. The second-order valence-corrected chi connectivity index (χ2v) is 2.18. The lowest BCUT2D eigenvalue weighted by atomic mass is 10.4. The highest BCUT2D eigenvalue weighted by Gasteiger charge is 1.75. The van der Waals surface area contributed by atoms with Gasteiger partial charge in [0.2, 0.25) is 0 Å². The molecule has 0 bridgehead atoms. The van der Waals surface area contributed by atoms with Crippen LogP contribution in [0.25, 0.3) is 0 Å². The summed E-state index contributed by atoms with van der Waals surface area (Å²) in [6.07, 6.45) is 3.57. The minimum absolute atomic E-state index is 0.955. The molecule has 0 unspecified atom stereocenters. The van der Waals surface area contributed by atoms with E-state index in [0.717, 1.165) is 5.71 Å². The first-order chi connectivity index (χ1) is 4.16. The molecule has 0 fully saturated rings. The van der Waals surface area contributed by atoms with E-state index in [9.17, 15) is 0 Å². The highest BCUT2D eigenvalue weighted by Crippen LogP contribution is 1.89. The van der Waals surface area contributed by atoms with Gasteiger partial charge in [-0.05, 0) is 26.8 Å². The van der Waals surface area contributed by atoms with Gasteiger partial charge in [-0.3, -0.25) is 4.99 Å². The van der Waals surface area contributed by atoms with Crippen molar-refractivity contribution in [2.24, 2.45) is 4.99 Å². The van der Waals surface area contributed by atoms with Crippen LogP contribution in [0.1, 0.15) is 20.8 Å². The monoisotopic (exact) mass is 123 g/mol. The smallest absolute Gasteiger partial charge is 0.0366 e. The van der Waals surface area contributed by atoms with Crippen LogP contribution in [0.15, 0.2) is 29.4 Å². The molecule has 1 heteroatoms. The molecule has 0 aromatic rings. The summed E-state index contributed by atoms with van der Waals surface area (Å²) in [7, 11) is 0. The van der Waals surface area contributed by atoms with Crippen molar-refractivity contribution < 1.29 is 0 Å². The van der Waals surface area contributed by atoms with Crippen molar-refractivity contribution >= 4 is 5.71 Å². The average Bonchev–Trinajstić information content (AvgIpc) is 1.83. The third-order valence-electron chi connectivity index (χ3n) is 0.822. The van der Waals surface area contributed by atoms with Gasteiger partial charge in [0, 0.05) is 11.9 Å². The van der Waals surface area contributed by atoms with Crippen LogP contribution < -0.4 is 0 Å². The van der Waals surface area contributed by atoms with Gasteiger partial charge in [-0.25, -0.2) is 0 Å². The molecule has 0 N–H and O–H groups in total. The standard InChI is InChI=1S/C8H13N/c1-5-8(4)9-6-7(2)3/h5-6H,1H2,2-4H3/b9-8-. The molecule has 0 heterocycles. The molecule has 0 amide bonds. The maximum absolute atomic E-state index is 4.08. The molecule has 0 aliphatic rings. The largest absolute Gasteiger partial charge is 0.262 e. The Morgan fingerprint density at radius 3 is 2.22 bits per heavy atom. The number of nitrogens with zero attached hydrogens (tertiary/aromatic N) is 1. The molecule has 0 rings (SSSR count). The molecular formula is C8H13N. The first-order valence-corrected chi connectivity index (χ1v) is 2.97. The number of aliphatic imine (C=N–C) groups is 1. The summed E-state index contributed by atoms with van der Waals surface area (Å²) < 4.78 is 0. The number of hydrogen-bond acceptors (Lipinski definition) is 1. The van der Waals surface area contributed by atoms with Crippen LogP contribution in [0.5, 0.6) is 0 Å². The molecule has 0 aromatic heterocycles. The van der Waals surface area contributed by atoms with Crippen LogP contribution >= 0.6 is 0 Å². The Bertz CT molecular complexity index is 148. The van der Waals surface area contributed by atoms with Crippen LogP contribution in [-0.2, 0) is 0 Å². The van der Waals surface area contributed by atoms with Gasteiger partial charge in [0.15, 0.2) is 0 Å². The maximum Gasteiger partial charge on any atom is 0.0366 e. The Hall–Kier alpha value is -0.850. The predicted octanol–water partition coefficient (Wildman–Crippen LogP) is 2.56. The fourth-order valence-electron chi connectivity index (χ4n) is 0.284. The molecule has 0 saturated heterocycles. The fourth-order valence-corrected chi connectivity index (χ4v) is 0.284. The quantitative estimate of drug-likeness (QED) is 0.500. The van der Waals surface area contributed by atoms with E-state index in [0.29, 0.717) is 0 Å². The van der Waals surface area contributed by atoms with Crippen LogP contribution in [0.3, 0.4) is 0 Å². The lowest BCUT2D eigenvalue weighted by Crippen LogP contribution is -1.79. The van der Waals surface area contributed by atoms with Crippen LogP contribution in [0.4, 0.5) is 0 Å². The molecule has 0 aliphatic carbocycles. The topological polar surface area (TPSA) is 12.4 Å². The molecular weight excluding hydrogens is 110 g/mol. The Kier molecular flexibility index (Phi) is 3.69. The van der Waals surface area contributed by atoms with E-state index in [4.69, 9.17) is 0 Å². The van der Waals surface area contributed by atoms with Crippen molar-refractivity contribution in [2.75, 3.05) is 0 Å². The number of allylic oxidation sites excluding steroid dienone is 2. The highest BCUT2D eigenvalue weighted by atomic mass is 14.7. The van der Waals surface area contributed by atoms with Crippen LogP contribution in [-0.4, -0.2) is 5.71 Å². The van der Waals surface area contributed by atoms with Gasteiger partial charge in [-0.1, -0.05) is 12.2 Å². The second kappa shape index (κ2) is 4.07. The molecule has 9 heavy (non-hydrogen) atoms. The van der Waals surface area contributed by atoms with Crippen LogP contribution in [0, 0.1) is 0 Å². The summed E-state index contributed by atoms with van der Waals surface area (Å²) in [5, 5.41) is 0. The van der Waals surface area contributed by atoms with E-state index < -0.39 is 0 Å². The van der Waals surface area contributed by atoms with E-state index in [1.54, 1.807) is 6.08 Å². The highest BCUT2D eigenvalue weighted by molar-refractivity contribution is 5.92. The van der Waals surface area contributed by atoms with Crippen molar-refractivity contribution in [2.45, 2.75) is 20.8 Å². The third kappa shape index (κ3) is 5.01. The van der Waals surface area contributed by atoms with Gasteiger partial charge >= 0.3 is 0 Å². The van der Waals surface area contributed by atoms with Gasteiger partial charge < -0.3 is 0 Å². The minimum Gasteiger partial charge on any atom is -0.262 e. The lowest BCUT2D eigenvalue weighted by molar-refractivity contribution is 1.33. The summed E-state index contributed by atoms with van der Waals surface area (Å²) in [6.45, 7) is 9.53. The fraction of sp³-hybridized carbons (Fsp3) is 0.375. The zero-order valence-electron chi connectivity index (χ0n) is 6.31. The van der Waals surface area contributed by atoms with Gasteiger partial charge in [0.05, 0.1) is 0 Å². The normalized spacial score (nSPS) is 10.8. The molecule has 0 atom stereocenters. The molecule has 0 spiro atoms. The Labute approximate surface area is 56.8 Å².